The van der Waals surface area contributed by atoms with Crippen LogP contribution in [0.3, 0.4) is 0 Å². The van der Waals surface area contributed by atoms with Gasteiger partial charge >= 0.3 is 0 Å². The van der Waals surface area contributed by atoms with E-state index in [9.17, 15) is 4.79 Å². The van der Waals surface area contributed by atoms with E-state index < -0.39 is 0 Å². The second kappa shape index (κ2) is 4.82. The van der Waals surface area contributed by atoms with Crippen LogP contribution >= 0.6 is 11.3 Å². The lowest BCUT2D eigenvalue weighted by Crippen LogP contribution is -2.29. The fourth-order valence-corrected chi connectivity index (χ4v) is 3.65. The molecule has 1 aromatic carbocycles. The summed E-state index contributed by atoms with van der Waals surface area (Å²) < 4.78 is 0. The van der Waals surface area contributed by atoms with Gasteiger partial charge in [-0.05, 0) is 43.0 Å². The van der Waals surface area contributed by atoms with Crippen LogP contribution in [0.5, 0.6) is 0 Å². The van der Waals surface area contributed by atoms with Gasteiger partial charge in [-0.25, -0.2) is 0 Å². The minimum Gasteiger partial charge on any atom is -0.334 e. The molecule has 3 rings (SSSR count). The van der Waals surface area contributed by atoms with Crippen molar-refractivity contribution in [3.63, 3.8) is 0 Å². The Labute approximate surface area is 117 Å². The van der Waals surface area contributed by atoms with Crippen molar-refractivity contribution in [1.82, 2.24) is 4.90 Å². The monoisotopic (exact) mass is 271 g/mol. The van der Waals surface area contributed by atoms with Crippen molar-refractivity contribution in [2.75, 3.05) is 7.05 Å². The molecule has 1 unspecified atom stereocenters. The molecule has 1 aliphatic rings. The number of hydrogen-bond donors (Lipinski definition) is 0. The van der Waals surface area contributed by atoms with Gasteiger partial charge in [0.15, 0.2) is 0 Å². The molecule has 3 heteroatoms. The van der Waals surface area contributed by atoms with Crippen LogP contribution in [0.4, 0.5) is 0 Å². The Hall–Kier alpha value is -1.61. The quantitative estimate of drug-likeness (QED) is 0.813. The first-order chi connectivity index (χ1) is 9.16. The highest BCUT2D eigenvalue weighted by Gasteiger charge is 2.29. The third-order valence-electron chi connectivity index (χ3n) is 3.84. The van der Waals surface area contributed by atoms with Crippen LogP contribution < -0.4 is 0 Å². The SMILES string of the molecule is Cc1ccc(C(=O)N(C)C2CCc3ccccc32)s1. The van der Waals surface area contributed by atoms with Gasteiger partial charge in [-0.2, -0.15) is 0 Å². The van der Waals surface area contributed by atoms with Crippen molar-refractivity contribution in [2.45, 2.75) is 25.8 Å². The number of aryl methyl sites for hydroxylation is 2. The summed E-state index contributed by atoms with van der Waals surface area (Å²) in [6.07, 6.45) is 2.11. The van der Waals surface area contributed by atoms with E-state index in [0.29, 0.717) is 0 Å². The summed E-state index contributed by atoms with van der Waals surface area (Å²) in [5.41, 5.74) is 2.70. The standard InChI is InChI=1S/C16H17NOS/c1-11-7-10-15(19-11)16(18)17(2)14-9-8-12-5-3-4-6-13(12)14/h3-7,10,14H,8-9H2,1-2H3. The van der Waals surface area contributed by atoms with E-state index in [1.807, 2.05) is 31.0 Å². The van der Waals surface area contributed by atoms with Crippen molar-refractivity contribution < 1.29 is 4.79 Å². The molecule has 0 saturated heterocycles. The summed E-state index contributed by atoms with van der Waals surface area (Å²) in [5.74, 6) is 0.139. The van der Waals surface area contributed by atoms with Crippen LogP contribution in [0.15, 0.2) is 36.4 Å². The third kappa shape index (κ3) is 2.19. The molecule has 0 saturated carbocycles. The minimum atomic E-state index is 0.139. The van der Waals surface area contributed by atoms with Crippen molar-refractivity contribution in [1.29, 1.82) is 0 Å². The Kier molecular flexibility index (Phi) is 3.15. The molecule has 1 amide bonds. The molecular formula is C16H17NOS. The van der Waals surface area contributed by atoms with Crippen LogP contribution in [-0.4, -0.2) is 17.9 Å². The van der Waals surface area contributed by atoms with Crippen LogP contribution in [-0.2, 0) is 6.42 Å². The zero-order valence-corrected chi connectivity index (χ0v) is 12.0. The number of rotatable bonds is 2. The van der Waals surface area contributed by atoms with E-state index in [2.05, 4.69) is 24.3 Å². The first-order valence-corrected chi connectivity index (χ1v) is 7.40. The molecule has 0 spiro atoms. The smallest absolute Gasteiger partial charge is 0.264 e. The largest absolute Gasteiger partial charge is 0.334 e. The Balaban J connectivity index is 1.86. The molecule has 0 fully saturated rings. The summed E-state index contributed by atoms with van der Waals surface area (Å²) in [7, 11) is 1.92. The molecule has 1 atom stereocenters. The molecule has 0 N–H and O–H groups in total. The van der Waals surface area contributed by atoms with E-state index in [1.165, 1.54) is 16.0 Å². The molecule has 0 bridgehead atoms. The summed E-state index contributed by atoms with van der Waals surface area (Å²) in [5, 5.41) is 0. The lowest BCUT2D eigenvalue weighted by atomic mass is 10.1. The summed E-state index contributed by atoms with van der Waals surface area (Å²) in [6, 6.07) is 12.6. The van der Waals surface area contributed by atoms with Gasteiger partial charge in [0.25, 0.3) is 5.91 Å². The number of amides is 1. The molecule has 98 valence electrons. The van der Waals surface area contributed by atoms with E-state index in [-0.39, 0.29) is 11.9 Å². The zero-order valence-electron chi connectivity index (χ0n) is 11.2. The van der Waals surface area contributed by atoms with Crippen molar-refractivity contribution in [3.8, 4) is 0 Å². The Morgan fingerprint density at radius 3 is 2.79 bits per heavy atom. The van der Waals surface area contributed by atoms with Crippen LogP contribution in [0, 0.1) is 6.92 Å². The second-order valence-electron chi connectivity index (χ2n) is 5.08. The molecule has 19 heavy (non-hydrogen) atoms. The Morgan fingerprint density at radius 2 is 2.05 bits per heavy atom. The van der Waals surface area contributed by atoms with Crippen molar-refractivity contribution in [3.05, 3.63) is 57.3 Å². The van der Waals surface area contributed by atoms with E-state index in [1.54, 1.807) is 11.3 Å². The average Bonchev–Trinajstić information content (AvgIpc) is 3.03. The second-order valence-corrected chi connectivity index (χ2v) is 6.37. The van der Waals surface area contributed by atoms with E-state index in [0.717, 1.165) is 17.7 Å². The number of fused-ring (bicyclic) bond motifs is 1. The highest BCUT2D eigenvalue weighted by Crippen LogP contribution is 2.35. The first kappa shape index (κ1) is 12.4. The highest BCUT2D eigenvalue weighted by atomic mass is 32.1. The highest BCUT2D eigenvalue weighted by molar-refractivity contribution is 7.13. The maximum absolute atomic E-state index is 12.5. The molecule has 0 radical (unpaired) electrons. The molecule has 2 aromatic rings. The number of benzene rings is 1. The number of nitrogens with zero attached hydrogens (tertiary/aromatic N) is 1. The van der Waals surface area contributed by atoms with Crippen LogP contribution in [0.25, 0.3) is 0 Å². The van der Waals surface area contributed by atoms with Gasteiger partial charge in [-0.1, -0.05) is 24.3 Å². The predicted molar refractivity (Wildman–Crippen MR) is 78.7 cm³/mol. The zero-order chi connectivity index (χ0) is 13.4. The molecular weight excluding hydrogens is 254 g/mol. The summed E-state index contributed by atoms with van der Waals surface area (Å²) in [6.45, 7) is 2.03. The van der Waals surface area contributed by atoms with Gasteiger partial charge in [-0.15, -0.1) is 11.3 Å². The van der Waals surface area contributed by atoms with Crippen molar-refractivity contribution in [2.24, 2.45) is 0 Å². The van der Waals surface area contributed by atoms with Crippen LogP contribution in [0.2, 0.25) is 0 Å². The molecule has 1 aliphatic carbocycles. The third-order valence-corrected chi connectivity index (χ3v) is 4.83. The van der Waals surface area contributed by atoms with Gasteiger partial charge < -0.3 is 4.90 Å². The maximum Gasteiger partial charge on any atom is 0.264 e. The van der Waals surface area contributed by atoms with Crippen molar-refractivity contribution >= 4 is 17.2 Å². The summed E-state index contributed by atoms with van der Waals surface area (Å²) in [4.78, 5) is 16.4. The lowest BCUT2D eigenvalue weighted by Gasteiger charge is -2.25. The lowest BCUT2D eigenvalue weighted by molar-refractivity contribution is 0.0735. The number of carbonyl (C=O) groups is 1. The minimum absolute atomic E-state index is 0.139. The normalized spacial score (nSPS) is 17.3. The van der Waals surface area contributed by atoms with Gasteiger partial charge in [0.2, 0.25) is 0 Å². The number of carbonyl (C=O) groups excluding carboxylic acids is 1. The Bertz CT molecular complexity index is 617. The first-order valence-electron chi connectivity index (χ1n) is 6.58. The molecule has 1 heterocycles. The van der Waals surface area contributed by atoms with Gasteiger partial charge in [0.05, 0.1) is 10.9 Å². The fourth-order valence-electron chi connectivity index (χ4n) is 2.80. The Morgan fingerprint density at radius 1 is 1.26 bits per heavy atom. The van der Waals surface area contributed by atoms with Gasteiger partial charge in [-0.3, -0.25) is 4.79 Å². The average molecular weight is 271 g/mol. The van der Waals surface area contributed by atoms with E-state index >= 15 is 0 Å². The molecule has 2 nitrogen and oxygen atoms in total. The molecule has 0 aliphatic heterocycles. The van der Waals surface area contributed by atoms with Gasteiger partial charge in [0, 0.05) is 11.9 Å². The van der Waals surface area contributed by atoms with Crippen LogP contribution in [0.1, 0.15) is 38.1 Å². The summed E-state index contributed by atoms with van der Waals surface area (Å²) >= 11 is 1.57. The predicted octanol–water partition coefficient (Wildman–Crippen LogP) is 3.82. The van der Waals surface area contributed by atoms with Gasteiger partial charge in [0.1, 0.15) is 0 Å². The maximum atomic E-state index is 12.5. The fraction of sp³-hybridized carbons (Fsp3) is 0.312. The number of thiophene rings is 1. The molecule has 1 aromatic heterocycles. The topological polar surface area (TPSA) is 20.3 Å². The van der Waals surface area contributed by atoms with E-state index in [4.69, 9.17) is 0 Å². The number of hydrogen-bond acceptors (Lipinski definition) is 2.